The van der Waals surface area contributed by atoms with E-state index in [-0.39, 0.29) is 25.9 Å². The van der Waals surface area contributed by atoms with Crippen LogP contribution in [0.5, 0.6) is 0 Å². The predicted octanol–water partition coefficient (Wildman–Crippen LogP) is 14.2. The Hall–Kier alpha value is -3.32. The third-order valence-corrected chi connectivity index (χ3v) is 12.9. The van der Waals surface area contributed by atoms with E-state index in [9.17, 15) is 34.5 Å². The highest BCUT2D eigenvalue weighted by atomic mass is 16.7. The van der Waals surface area contributed by atoms with E-state index in [2.05, 4.69) is 57.2 Å². The highest BCUT2D eigenvalue weighted by Crippen LogP contribution is 2.26. The Bertz CT molecular complexity index is 1420. The standard InChI is InChI=1S/C59H102O12/c1-4-7-10-13-16-19-21-23-24-25-26-27-28-30-31-34-36-39-42-45-51(60)67-48-50(69-52(61)46-43-40-38-35-32-29-22-20-17-14-11-8-5-2)49-68-59-57(55(64)54(63)56(71-59)58(65)66)70-53(62)47-44-41-37-33-18-15-12-9-6-3/h8,11,17,20,29,32,38,40,50,54-57,59,63-64H,4-7,9-10,12-16,18-19,21-28,30-31,33-37,39,41-49H2,1-3H3,(H,65,66)/b11-8-,20-17-,32-29-,40-38-. The zero-order valence-corrected chi connectivity index (χ0v) is 45.0. The van der Waals surface area contributed by atoms with Gasteiger partial charge in [-0.15, -0.1) is 0 Å². The summed E-state index contributed by atoms with van der Waals surface area (Å²) in [5.74, 6) is -3.22. The Morgan fingerprint density at radius 3 is 1.32 bits per heavy atom. The van der Waals surface area contributed by atoms with Crippen LogP contribution in [0.1, 0.15) is 252 Å². The maximum atomic E-state index is 13.1. The first-order valence-electron chi connectivity index (χ1n) is 28.6. The lowest BCUT2D eigenvalue weighted by molar-refractivity contribution is -0.301. The normalized spacial score (nSPS) is 18.8. The van der Waals surface area contributed by atoms with E-state index in [0.717, 1.165) is 70.6 Å². The molecule has 0 spiro atoms. The molecule has 410 valence electrons. The second kappa shape index (κ2) is 47.7. The Morgan fingerprint density at radius 1 is 0.479 bits per heavy atom. The van der Waals surface area contributed by atoms with Crippen molar-refractivity contribution in [2.75, 3.05) is 13.2 Å². The van der Waals surface area contributed by atoms with Crippen molar-refractivity contribution in [3.05, 3.63) is 48.6 Å². The number of unbranched alkanes of at least 4 members (excludes halogenated alkanes) is 26. The largest absolute Gasteiger partial charge is 0.479 e. The number of carbonyl (C=O) groups excluding carboxylic acids is 3. The van der Waals surface area contributed by atoms with Gasteiger partial charge >= 0.3 is 23.9 Å². The molecular formula is C59H102O12. The summed E-state index contributed by atoms with van der Waals surface area (Å²) < 4.78 is 28.2. The summed E-state index contributed by atoms with van der Waals surface area (Å²) in [5.41, 5.74) is 0. The van der Waals surface area contributed by atoms with E-state index in [1.807, 2.05) is 12.2 Å². The maximum absolute atomic E-state index is 13.1. The molecule has 6 atom stereocenters. The second-order valence-electron chi connectivity index (χ2n) is 19.6. The summed E-state index contributed by atoms with van der Waals surface area (Å²) in [7, 11) is 0. The fourth-order valence-corrected chi connectivity index (χ4v) is 8.56. The van der Waals surface area contributed by atoms with Gasteiger partial charge < -0.3 is 39.0 Å². The molecule has 0 aromatic carbocycles. The molecule has 1 rings (SSSR count). The molecule has 3 N–H and O–H groups in total. The fraction of sp³-hybridized carbons (Fsp3) is 0.797. The summed E-state index contributed by atoms with van der Waals surface area (Å²) >= 11 is 0. The fourth-order valence-electron chi connectivity index (χ4n) is 8.56. The van der Waals surface area contributed by atoms with Gasteiger partial charge in [0.25, 0.3) is 0 Å². The highest BCUT2D eigenvalue weighted by molar-refractivity contribution is 5.74. The molecule has 0 amide bonds. The number of esters is 3. The van der Waals surface area contributed by atoms with Crippen molar-refractivity contribution >= 4 is 23.9 Å². The summed E-state index contributed by atoms with van der Waals surface area (Å²) in [6.07, 6.45) is 44.2. The number of carboxylic acids is 1. The zero-order valence-electron chi connectivity index (χ0n) is 45.0. The van der Waals surface area contributed by atoms with Crippen LogP contribution in [-0.2, 0) is 42.9 Å². The second-order valence-corrected chi connectivity index (χ2v) is 19.6. The van der Waals surface area contributed by atoms with E-state index >= 15 is 0 Å². The molecule has 1 saturated heterocycles. The van der Waals surface area contributed by atoms with Gasteiger partial charge in [-0.25, -0.2) is 4.79 Å². The van der Waals surface area contributed by atoms with Gasteiger partial charge in [-0.3, -0.25) is 14.4 Å². The average Bonchev–Trinajstić information content (AvgIpc) is 3.35. The Balaban J connectivity index is 2.67. The van der Waals surface area contributed by atoms with E-state index < -0.39 is 67.3 Å². The van der Waals surface area contributed by atoms with Crippen LogP contribution in [0.3, 0.4) is 0 Å². The number of carbonyl (C=O) groups is 4. The van der Waals surface area contributed by atoms with Gasteiger partial charge in [0.1, 0.15) is 18.8 Å². The first-order chi connectivity index (χ1) is 34.6. The van der Waals surface area contributed by atoms with E-state index in [1.165, 1.54) is 122 Å². The summed E-state index contributed by atoms with van der Waals surface area (Å²) in [5, 5.41) is 31.3. The minimum atomic E-state index is -1.91. The molecule has 0 aromatic heterocycles. The van der Waals surface area contributed by atoms with Crippen molar-refractivity contribution < 1.29 is 58.2 Å². The third-order valence-electron chi connectivity index (χ3n) is 12.9. The van der Waals surface area contributed by atoms with Crippen LogP contribution in [0.2, 0.25) is 0 Å². The number of hydrogen-bond donors (Lipinski definition) is 3. The SMILES string of the molecule is CC/C=C\C/C=C\C/C=C\C/C=C\CCC(=O)OC(COC(=O)CCCCCCCCCCCCCCCCCCCCC)COC1OC(C(=O)O)C(O)C(O)C1OC(=O)CCCCCCCCCCC. The smallest absolute Gasteiger partial charge is 0.335 e. The van der Waals surface area contributed by atoms with E-state index in [0.29, 0.717) is 19.3 Å². The van der Waals surface area contributed by atoms with Crippen LogP contribution in [0, 0.1) is 0 Å². The van der Waals surface area contributed by atoms with Crippen molar-refractivity contribution in [1.82, 2.24) is 0 Å². The lowest BCUT2D eigenvalue weighted by Crippen LogP contribution is -2.61. The summed E-state index contributed by atoms with van der Waals surface area (Å²) in [4.78, 5) is 50.9. The van der Waals surface area contributed by atoms with Crippen LogP contribution >= 0.6 is 0 Å². The van der Waals surface area contributed by atoms with Gasteiger partial charge in [-0.1, -0.05) is 236 Å². The van der Waals surface area contributed by atoms with Crippen molar-refractivity contribution in [2.24, 2.45) is 0 Å². The molecule has 0 aromatic rings. The topological polar surface area (TPSA) is 175 Å². The summed E-state index contributed by atoms with van der Waals surface area (Å²) in [6, 6.07) is 0. The Labute approximate surface area is 431 Å². The molecule has 0 saturated carbocycles. The average molecular weight is 1000 g/mol. The number of rotatable bonds is 48. The van der Waals surface area contributed by atoms with Gasteiger partial charge in [0.15, 0.2) is 24.6 Å². The van der Waals surface area contributed by atoms with Crippen molar-refractivity contribution in [3.8, 4) is 0 Å². The number of ether oxygens (including phenoxy) is 5. The summed E-state index contributed by atoms with van der Waals surface area (Å²) in [6.45, 7) is 5.79. The Kier molecular flexibility index (Phi) is 44.1. The van der Waals surface area contributed by atoms with Gasteiger partial charge in [0, 0.05) is 19.3 Å². The molecule has 0 bridgehead atoms. The zero-order chi connectivity index (χ0) is 51.8. The van der Waals surface area contributed by atoms with Gasteiger partial charge in [-0.05, 0) is 44.9 Å². The third kappa shape index (κ3) is 38.0. The predicted molar refractivity (Wildman–Crippen MR) is 285 cm³/mol. The van der Waals surface area contributed by atoms with E-state index in [4.69, 9.17) is 23.7 Å². The minimum Gasteiger partial charge on any atom is -0.479 e. The monoisotopic (exact) mass is 1000 g/mol. The molecule has 71 heavy (non-hydrogen) atoms. The quantitative estimate of drug-likeness (QED) is 0.0228. The highest BCUT2D eigenvalue weighted by Gasteiger charge is 2.50. The Morgan fingerprint density at radius 2 is 0.887 bits per heavy atom. The van der Waals surface area contributed by atoms with Crippen LogP contribution in [0.15, 0.2) is 48.6 Å². The van der Waals surface area contributed by atoms with Crippen LogP contribution in [-0.4, -0.2) is 89.2 Å². The lowest BCUT2D eigenvalue weighted by atomic mass is 9.98. The first kappa shape index (κ1) is 65.7. The maximum Gasteiger partial charge on any atom is 0.335 e. The number of aliphatic hydroxyl groups is 2. The van der Waals surface area contributed by atoms with Crippen LogP contribution in [0.4, 0.5) is 0 Å². The number of aliphatic hydroxyl groups excluding tert-OH is 2. The molecule has 12 nitrogen and oxygen atoms in total. The minimum absolute atomic E-state index is 0.0447. The van der Waals surface area contributed by atoms with Crippen molar-refractivity contribution in [2.45, 2.75) is 289 Å². The molecule has 1 aliphatic rings. The molecule has 1 heterocycles. The number of hydrogen-bond acceptors (Lipinski definition) is 11. The number of allylic oxidation sites excluding steroid dienone is 8. The van der Waals surface area contributed by atoms with Crippen LogP contribution in [0.25, 0.3) is 0 Å². The molecule has 0 aliphatic carbocycles. The number of carboxylic acid groups (broad SMARTS) is 1. The molecule has 1 fully saturated rings. The number of aliphatic carboxylic acids is 1. The van der Waals surface area contributed by atoms with Gasteiger partial charge in [0.2, 0.25) is 0 Å². The molecule has 12 heteroatoms. The van der Waals surface area contributed by atoms with Crippen molar-refractivity contribution in [1.29, 1.82) is 0 Å². The lowest BCUT2D eigenvalue weighted by Gasteiger charge is -2.40. The van der Waals surface area contributed by atoms with Gasteiger partial charge in [0.05, 0.1) is 6.61 Å². The molecule has 0 radical (unpaired) electrons. The molecule has 6 unspecified atom stereocenters. The molecule has 1 aliphatic heterocycles. The van der Waals surface area contributed by atoms with Crippen molar-refractivity contribution in [3.63, 3.8) is 0 Å². The van der Waals surface area contributed by atoms with Gasteiger partial charge in [-0.2, -0.15) is 0 Å². The van der Waals surface area contributed by atoms with E-state index in [1.54, 1.807) is 0 Å². The first-order valence-corrected chi connectivity index (χ1v) is 28.6. The van der Waals surface area contributed by atoms with Crippen LogP contribution < -0.4 is 0 Å². The molecular weight excluding hydrogens is 901 g/mol.